The fourth-order valence-corrected chi connectivity index (χ4v) is 2.65. The van der Waals surface area contributed by atoms with E-state index in [4.69, 9.17) is 4.74 Å². The van der Waals surface area contributed by atoms with Crippen LogP contribution in [-0.4, -0.2) is 18.4 Å². The van der Waals surface area contributed by atoms with Gasteiger partial charge in [0.1, 0.15) is 11.6 Å². The van der Waals surface area contributed by atoms with Gasteiger partial charge in [0.05, 0.1) is 5.56 Å². The topological polar surface area (TPSA) is 67.4 Å². The zero-order chi connectivity index (χ0) is 19.9. The molecule has 3 aromatic rings. The Balaban J connectivity index is 1.63. The van der Waals surface area contributed by atoms with Crippen molar-refractivity contribution in [2.45, 2.75) is 0 Å². The number of rotatable bonds is 6. The highest BCUT2D eigenvalue weighted by atomic mass is 79.9. The number of ether oxygens (including phenoxy) is 1. The van der Waals surface area contributed by atoms with Crippen LogP contribution in [0.1, 0.15) is 10.4 Å². The monoisotopic (exact) mass is 442 g/mol. The average Bonchev–Trinajstić information content (AvgIpc) is 2.70. The number of anilines is 2. The second kappa shape index (κ2) is 9.14. The molecule has 0 radical (unpaired) electrons. The Morgan fingerprint density at radius 1 is 0.857 bits per heavy atom. The zero-order valence-electron chi connectivity index (χ0n) is 14.6. The summed E-state index contributed by atoms with van der Waals surface area (Å²) in [6.45, 7) is -0.292. The molecule has 0 fully saturated rings. The van der Waals surface area contributed by atoms with Crippen LogP contribution in [0, 0.1) is 5.82 Å². The van der Waals surface area contributed by atoms with Crippen LogP contribution in [-0.2, 0) is 4.79 Å². The lowest BCUT2D eigenvalue weighted by Crippen LogP contribution is -2.21. The number of carbonyl (C=O) groups is 2. The van der Waals surface area contributed by atoms with Crippen molar-refractivity contribution in [3.05, 3.63) is 88.6 Å². The number of nitrogens with one attached hydrogen (secondary N) is 2. The van der Waals surface area contributed by atoms with Gasteiger partial charge in [0.2, 0.25) is 0 Å². The molecule has 0 saturated carbocycles. The van der Waals surface area contributed by atoms with Crippen LogP contribution < -0.4 is 15.4 Å². The van der Waals surface area contributed by atoms with Crippen molar-refractivity contribution in [1.82, 2.24) is 0 Å². The van der Waals surface area contributed by atoms with Crippen LogP contribution >= 0.6 is 15.9 Å². The molecule has 2 N–H and O–H groups in total. The Labute approximate surface area is 169 Å². The lowest BCUT2D eigenvalue weighted by Gasteiger charge is -2.12. The van der Waals surface area contributed by atoms with E-state index in [-0.39, 0.29) is 24.1 Å². The van der Waals surface area contributed by atoms with E-state index < -0.39 is 5.91 Å². The fraction of sp³-hybridized carbons (Fsp3) is 0.0476. The minimum atomic E-state index is -0.422. The second-order valence-electron chi connectivity index (χ2n) is 5.80. The van der Waals surface area contributed by atoms with Gasteiger partial charge < -0.3 is 15.4 Å². The fourth-order valence-electron chi connectivity index (χ4n) is 2.39. The first-order valence-electron chi connectivity index (χ1n) is 8.35. The summed E-state index contributed by atoms with van der Waals surface area (Å²) in [5.41, 5.74) is 1.40. The lowest BCUT2D eigenvalue weighted by molar-refractivity contribution is -0.118. The molecular weight excluding hydrogens is 427 g/mol. The van der Waals surface area contributed by atoms with Gasteiger partial charge in [0.25, 0.3) is 11.8 Å². The van der Waals surface area contributed by atoms with Gasteiger partial charge in [0, 0.05) is 15.8 Å². The Kier molecular flexibility index (Phi) is 6.39. The number of amides is 2. The summed E-state index contributed by atoms with van der Waals surface area (Å²) in [5.74, 6) is -0.877. The number of halogens is 2. The Hall–Kier alpha value is -3.19. The minimum Gasteiger partial charge on any atom is -0.483 e. The average molecular weight is 443 g/mol. The van der Waals surface area contributed by atoms with Gasteiger partial charge >= 0.3 is 0 Å². The summed E-state index contributed by atoms with van der Waals surface area (Å²) >= 11 is 3.34. The van der Waals surface area contributed by atoms with Gasteiger partial charge in [-0.3, -0.25) is 9.59 Å². The van der Waals surface area contributed by atoms with Crippen LogP contribution in [0.5, 0.6) is 5.75 Å². The van der Waals surface area contributed by atoms with Crippen LogP contribution in [0.4, 0.5) is 15.8 Å². The normalized spacial score (nSPS) is 10.2. The summed E-state index contributed by atoms with van der Waals surface area (Å²) in [4.78, 5) is 24.6. The Morgan fingerprint density at radius 2 is 1.46 bits per heavy atom. The number of benzene rings is 3. The molecule has 142 valence electrons. The molecule has 0 aliphatic rings. The van der Waals surface area contributed by atoms with Gasteiger partial charge in [0.15, 0.2) is 6.61 Å². The summed E-state index contributed by atoms with van der Waals surface area (Å²) in [6, 6.07) is 19.2. The molecule has 2 amide bonds. The van der Waals surface area contributed by atoms with Gasteiger partial charge in [-0.05, 0) is 60.7 Å². The van der Waals surface area contributed by atoms with Crippen molar-refractivity contribution in [3.63, 3.8) is 0 Å². The molecule has 0 bridgehead atoms. The molecule has 0 atom stereocenters. The second-order valence-corrected chi connectivity index (χ2v) is 6.72. The molecule has 28 heavy (non-hydrogen) atoms. The maximum Gasteiger partial charge on any atom is 0.262 e. The molecule has 0 aromatic heterocycles. The van der Waals surface area contributed by atoms with Crippen LogP contribution in [0.25, 0.3) is 0 Å². The smallest absolute Gasteiger partial charge is 0.262 e. The van der Waals surface area contributed by atoms with Gasteiger partial charge in [-0.15, -0.1) is 0 Å². The predicted octanol–water partition coefficient (Wildman–Crippen LogP) is 4.86. The summed E-state index contributed by atoms with van der Waals surface area (Å²) < 4.78 is 19.3. The van der Waals surface area contributed by atoms with Crippen LogP contribution in [0.2, 0.25) is 0 Å². The van der Waals surface area contributed by atoms with E-state index >= 15 is 0 Å². The van der Waals surface area contributed by atoms with Crippen molar-refractivity contribution in [3.8, 4) is 5.75 Å². The number of para-hydroxylation sites is 1. The molecule has 3 rings (SSSR count). The minimum absolute atomic E-state index is 0.284. The van der Waals surface area contributed by atoms with E-state index in [0.717, 1.165) is 4.47 Å². The molecule has 5 nitrogen and oxygen atoms in total. The predicted molar refractivity (Wildman–Crippen MR) is 109 cm³/mol. The van der Waals surface area contributed by atoms with Gasteiger partial charge in [-0.1, -0.05) is 28.1 Å². The first-order valence-corrected chi connectivity index (χ1v) is 9.15. The van der Waals surface area contributed by atoms with Crippen LogP contribution in [0.15, 0.2) is 77.3 Å². The highest BCUT2D eigenvalue weighted by Gasteiger charge is 2.14. The zero-order valence-corrected chi connectivity index (χ0v) is 16.2. The van der Waals surface area contributed by atoms with Gasteiger partial charge in [-0.25, -0.2) is 4.39 Å². The molecule has 0 spiro atoms. The first-order chi connectivity index (χ1) is 13.5. The van der Waals surface area contributed by atoms with E-state index in [1.54, 1.807) is 36.4 Å². The van der Waals surface area contributed by atoms with Crippen molar-refractivity contribution >= 4 is 39.1 Å². The van der Waals surface area contributed by atoms with E-state index in [2.05, 4.69) is 26.6 Å². The van der Waals surface area contributed by atoms with Crippen LogP contribution in [0.3, 0.4) is 0 Å². The molecular formula is C21H16BrFN2O3. The molecule has 0 unspecified atom stereocenters. The molecule has 0 aliphatic heterocycles. The molecule has 0 aliphatic carbocycles. The van der Waals surface area contributed by atoms with Crippen molar-refractivity contribution in [2.75, 3.05) is 17.2 Å². The van der Waals surface area contributed by atoms with E-state index in [1.807, 2.05) is 12.1 Å². The highest BCUT2D eigenvalue weighted by molar-refractivity contribution is 9.10. The standard InChI is InChI=1S/C21H16BrFN2O3/c22-14-5-9-17(10-6-14)25-21(27)18-3-1-2-4-19(18)28-13-20(26)24-16-11-7-15(23)8-12-16/h1-12H,13H2,(H,24,26)(H,25,27). The van der Waals surface area contributed by atoms with E-state index in [0.29, 0.717) is 16.9 Å². The molecule has 7 heteroatoms. The third-order valence-corrected chi connectivity index (χ3v) is 4.25. The molecule has 0 saturated heterocycles. The lowest BCUT2D eigenvalue weighted by atomic mass is 10.2. The first kappa shape index (κ1) is 19.6. The van der Waals surface area contributed by atoms with E-state index in [9.17, 15) is 14.0 Å². The van der Waals surface area contributed by atoms with Crippen molar-refractivity contribution in [1.29, 1.82) is 0 Å². The van der Waals surface area contributed by atoms with Crippen molar-refractivity contribution in [2.24, 2.45) is 0 Å². The SMILES string of the molecule is O=C(COc1ccccc1C(=O)Nc1ccc(Br)cc1)Nc1ccc(F)cc1. The largest absolute Gasteiger partial charge is 0.483 e. The number of carbonyl (C=O) groups excluding carboxylic acids is 2. The Morgan fingerprint density at radius 3 is 2.18 bits per heavy atom. The summed E-state index contributed by atoms with van der Waals surface area (Å²) in [6.07, 6.45) is 0. The third-order valence-electron chi connectivity index (χ3n) is 3.72. The summed E-state index contributed by atoms with van der Waals surface area (Å²) in [7, 11) is 0. The van der Waals surface area contributed by atoms with Crippen molar-refractivity contribution < 1.29 is 18.7 Å². The molecule has 0 heterocycles. The third kappa shape index (κ3) is 5.40. The summed E-state index contributed by atoms with van der Waals surface area (Å²) in [5, 5.41) is 5.38. The van der Waals surface area contributed by atoms with E-state index in [1.165, 1.54) is 24.3 Å². The maximum absolute atomic E-state index is 12.9. The molecule has 3 aromatic carbocycles. The van der Waals surface area contributed by atoms with Gasteiger partial charge in [-0.2, -0.15) is 0 Å². The number of hydrogen-bond acceptors (Lipinski definition) is 3. The Bertz CT molecular complexity index is 976. The maximum atomic E-state index is 12.9. The highest BCUT2D eigenvalue weighted by Crippen LogP contribution is 2.21. The quantitative estimate of drug-likeness (QED) is 0.572. The number of hydrogen-bond donors (Lipinski definition) is 2.